The number of amides is 3. The Hall–Kier alpha value is -3.89. The number of nitro benzene ring substituents is 1. The Kier molecular flexibility index (Phi) is 7.80. The average molecular weight is 534 g/mol. The first-order valence-corrected chi connectivity index (χ1v) is 12.9. The summed E-state index contributed by atoms with van der Waals surface area (Å²) in [5, 5.41) is 13.9. The highest BCUT2D eigenvalue weighted by molar-refractivity contribution is 8.18. The van der Waals surface area contributed by atoms with Crippen LogP contribution in [0, 0.1) is 30.9 Å². The number of nitro groups is 1. The van der Waals surface area contributed by atoms with E-state index >= 15 is 0 Å². The van der Waals surface area contributed by atoms with Gasteiger partial charge in [0.2, 0.25) is 5.91 Å². The van der Waals surface area contributed by atoms with Crippen LogP contribution in [0.1, 0.15) is 22.3 Å². The van der Waals surface area contributed by atoms with Crippen LogP contribution in [-0.4, -0.2) is 33.4 Å². The first-order chi connectivity index (χ1) is 17.6. The van der Waals surface area contributed by atoms with Crippen molar-refractivity contribution in [1.82, 2.24) is 4.90 Å². The third-order valence-corrected chi connectivity index (χ3v) is 7.67. The predicted molar refractivity (Wildman–Crippen MR) is 146 cm³/mol. The molecule has 0 aliphatic carbocycles. The number of benzene rings is 3. The number of imide groups is 1. The van der Waals surface area contributed by atoms with E-state index in [1.54, 1.807) is 18.2 Å². The van der Waals surface area contributed by atoms with Gasteiger partial charge in [-0.15, -0.1) is 0 Å². The minimum Gasteiger partial charge on any atom is -0.325 e. The van der Waals surface area contributed by atoms with E-state index in [2.05, 4.69) is 5.32 Å². The van der Waals surface area contributed by atoms with Crippen LogP contribution in [0.15, 0.2) is 75.4 Å². The maximum atomic E-state index is 12.9. The van der Waals surface area contributed by atoms with E-state index in [1.165, 1.54) is 23.9 Å². The van der Waals surface area contributed by atoms with E-state index in [9.17, 15) is 24.5 Å². The molecule has 0 unspecified atom stereocenters. The molecule has 10 heteroatoms. The fourth-order valence-electron chi connectivity index (χ4n) is 3.54. The molecule has 1 saturated heterocycles. The number of thioether (sulfide) groups is 1. The maximum Gasteiger partial charge on any atom is 0.294 e. The highest BCUT2D eigenvalue weighted by Gasteiger charge is 2.36. The number of hydrogen-bond acceptors (Lipinski definition) is 7. The molecule has 0 spiro atoms. The van der Waals surface area contributed by atoms with E-state index in [-0.39, 0.29) is 10.6 Å². The van der Waals surface area contributed by atoms with E-state index in [0.29, 0.717) is 27.9 Å². The van der Waals surface area contributed by atoms with Crippen molar-refractivity contribution in [2.75, 3.05) is 11.9 Å². The zero-order valence-corrected chi connectivity index (χ0v) is 21.9. The van der Waals surface area contributed by atoms with Crippen molar-refractivity contribution in [3.63, 3.8) is 0 Å². The summed E-state index contributed by atoms with van der Waals surface area (Å²) in [5.41, 5.74) is 4.05. The summed E-state index contributed by atoms with van der Waals surface area (Å²) >= 11 is 1.97. The molecule has 3 aromatic carbocycles. The molecular formula is C27H23N3O5S2. The highest BCUT2D eigenvalue weighted by atomic mass is 32.2. The van der Waals surface area contributed by atoms with E-state index in [4.69, 9.17) is 0 Å². The molecule has 37 heavy (non-hydrogen) atoms. The van der Waals surface area contributed by atoms with Crippen LogP contribution in [0.4, 0.5) is 16.2 Å². The lowest BCUT2D eigenvalue weighted by molar-refractivity contribution is -0.387. The molecule has 0 radical (unpaired) electrons. The van der Waals surface area contributed by atoms with Gasteiger partial charge in [0, 0.05) is 16.6 Å². The van der Waals surface area contributed by atoms with E-state index in [1.807, 2.05) is 57.2 Å². The summed E-state index contributed by atoms with van der Waals surface area (Å²) in [7, 11) is 0. The van der Waals surface area contributed by atoms with Crippen LogP contribution in [0.5, 0.6) is 0 Å². The number of anilines is 1. The number of hydrogen-bond donors (Lipinski definition) is 1. The summed E-state index contributed by atoms with van der Waals surface area (Å²) in [6.45, 7) is 5.41. The Labute approximate surface area is 222 Å². The second kappa shape index (κ2) is 11.0. The van der Waals surface area contributed by atoms with Gasteiger partial charge in [-0.2, -0.15) is 0 Å². The molecule has 1 N–H and O–H groups in total. The highest BCUT2D eigenvalue weighted by Crippen LogP contribution is 2.37. The fourth-order valence-corrected chi connectivity index (χ4v) is 5.28. The number of nitrogens with one attached hydrogen (secondary N) is 1. The Morgan fingerprint density at radius 2 is 1.76 bits per heavy atom. The van der Waals surface area contributed by atoms with Crippen LogP contribution in [0.25, 0.3) is 6.08 Å². The van der Waals surface area contributed by atoms with Gasteiger partial charge in [0.15, 0.2) is 0 Å². The lowest BCUT2D eigenvalue weighted by Gasteiger charge is -2.13. The normalized spacial score (nSPS) is 14.4. The Morgan fingerprint density at radius 1 is 1.03 bits per heavy atom. The molecular weight excluding hydrogens is 510 g/mol. The summed E-state index contributed by atoms with van der Waals surface area (Å²) in [5.74, 6) is -1.12. The second-order valence-corrected chi connectivity index (χ2v) is 10.6. The third-order valence-electron chi connectivity index (χ3n) is 5.69. The van der Waals surface area contributed by atoms with Crippen molar-refractivity contribution in [2.24, 2.45) is 0 Å². The minimum absolute atomic E-state index is 0.0946. The summed E-state index contributed by atoms with van der Waals surface area (Å²) in [6.07, 6.45) is 1.43. The summed E-state index contributed by atoms with van der Waals surface area (Å²) in [6, 6.07) is 17.7. The van der Waals surface area contributed by atoms with Gasteiger partial charge in [-0.05, 0) is 85.6 Å². The second-order valence-electron chi connectivity index (χ2n) is 8.51. The zero-order valence-electron chi connectivity index (χ0n) is 20.3. The van der Waals surface area contributed by atoms with Gasteiger partial charge >= 0.3 is 0 Å². The van der Waals surface area contributed by atoms with Gasteiger partial charge < -0.3 is 5.32 Å². The largest absolute Gasteiger partial charge is 0.325 e. The number of nitrogens with zero attached hydrogens (tertiary/aromatic N) is 2. The number of carbonyl (C=O) groups is 3. The van der Waals surface area contributed by atoms with Gasteiger partial charge in [0.05, 0.1) is 14.7 Å². The first-order valence-electron chi connectivity index (χ1n) is 11.3. The van der Waals surface area contributed by atoms with E-state index < -0.39 is 28.5 Å². The molecule has 0 saturated carbocycles. The van der Waals surface area contributed by atoms with Crippen LogP contribution in [0.2, 0.25) is 0 Å². The van der Waals surface area contributed by atoms with Gasteiger partial charge in [0.25, 0.3) is 16.8 Å². The molecule has 4 rings (SSSR count). The molecule has 1 aliphatic heterocycles. The molecule has 1 heterocycles. The van der Waals surface area contributed by atoms with E-state index in [0.717, 1.165) is 26.5 Å². The maximum absolute atomic E-state index is 12.9. The molecule has 188 valence electrons. The van der Waals surface area contributed by atoms with Gasteiger partial charge in [-0.25, -0.2) is 0 Å². The molecule has 0 aromatic heterocycles. The molecule has 1 fully saturated rings. The predicted octanol–water partition coefficient (Wildman–Crippen LogP) is 6.35. The molecule has 8 nitrogen and oxygen atoms in total. The lowest BCUT2D eigenvalue weighted by atomic mass is 10.1. The number of carbonyl (C=O) groups excluding carboxylic acids is 3. The van der Waals surface area contributed by atoms with Crippen LogP contribution in [0.3, 0.4) is 0 Å². The average Bonchev–Trinajstić information content (AvgIpc) is 3.10. The topological polar surface area (TPSA) is 110 Å². The molecule has 0 atom stereocenters. The minimum atomic E-state index is -0.619. The van der Waals surface area contributed by atoms with Crippen LogP contribution < -0.4 is 5.32 Å². The SMILES string of the molecule is Cc1ccc(Sc2ccc(/C=C3\SC(=O)N(CC(=O)Nc4ccc(C)c(C)c4)C3=O)cc2[N+](=O)[O-])cc1. The van der Waals surface area contributed by atoms with Gasteiger partial charge in [-0.1, -0.05) is 41.6 Å². The summed E-state index contributed by atoms with van der Waals surface area (Å²) < 4.78 is 0. The summed E-state index contributed by atoms with van der Waals surface area (Å²) in [4.78, 5) is 51.3. The van der Waals surface area contributed by atoms with Gasteiger partial charge in [0.1, 0.15) is 6.54 Å². The zero-order chi connectivity index (χ0) is 26.7. The van der Waals surface area contributed by atoms with Crippen molar-refractivity contribution < 1.29 is 19.3 Å². The molecule has 0 bridgehead atoms. The standard InChI is InChI=1S/C27H23N3O5S2/c1-16-4-9-21(10-5-16)36-23-11-7-19(13-22(23)30(34)35)14-24-26(32)29(27(33)37-24)15-25(31)28-20-8-6-17(2)18(3)12-20/h4-14H,15H2,1-3H3,(H,28,31)/b24-14-. The van der Waals surface area contributed by atoms with Crippen LogP contribution in [-0.2, 0) is 9.59 Å². The van der Waals surface area contributed by atoms with Crippen molar-refractivity contribution in [3.8, 4) is 0 Å². The van der Waals surface area contributed by atoms with Gasteiger partial charge in [-0.3, -0.25) is 29.4 Å². The lowest BCUT2D eigenvalue weighted by Crippen LogP contribution is -2.36. The van der Waals surface area contributed by atoms with Crippen molar-refractivity contribution in [1.29, 1.82) is 0 Å². The molecule has 3 aromatic rings. The van der Waals surface area contributed by atoms with Crippen molar-refractivity contribution in [3.05, 3.63) is 97.9 Å². The Bertz CT molecular complexity index is 1450. The monoisotopic (exact) mass is 533 g/mol. The fraction of sp³-hybridized carbons (Fsp3) is 0.148. The number of rotatable bonds is 7. The van der Waals surface area contributed by atoms with Crippen LogP contribution >= 0.6 is 23.5 Å². The Morgan fingerprint density at radius 3 is 2.43 bits per heavy atom. The number of aryl methyl sites for hydroxylation is 3. The third kappa shape index (κ3) is 6.28. The van der Waals surface area contributed by atoms with Crippen molar-refractivity contribution in [2.45, 2.75) is 30.6 Å². The first kappa shape index (κ1) is 26.2. The smallest absolute Gasteiger partial charge is 0.294 e. The Balaban J connectivity index is 1.49. The quantitative estimate of drug-likeness (QED) is 0.214. The molecule has 1 aliphatic rings. The van der Waals surface area contributed by atoms with Crippen molar-refractivity contribution >= 4 is 58.0 Å². The molecule has 3 amide bonds.